The maximum Gasteiger partial charge on any atom is 0.159 e. The Morgan fingerprint density at radius 1 is 0.345 bits per heavy atom. The van der Waals surface area contributed by atoms with Gasteiger partial charge in [0.05, 0.1) is 5.69 Å². The van der Waals surface area contributed by atoms with E-state index in [1.807, 2.05) is 11.3 Å². The van der Waals surface area contributed by atoms with Crippen LogP contribution >= 0.6 is 11.3 Å². The summed E-state index contributed by atoms with van der Waals surface area (Å²) in [6, 6.07) is 72.1. The molecule has 0 N–H and O–H groups in total. The van der Waals surface area contributed by atoms with Crippen LogP contribution in [0.1, 0.15) is 0 Å². The number of nitrogens with zero attached hydrogens (tertiary/aromatic N) is 1. The largest absolute Gasteiger partial charge is 0.453 e. The standard InChI is InChI=1S/C52H33NOS/c1-2-11-37(12-3-1)43-15-8-16-46-47-17-9-18-48(52(47)54-51(43)46)53(41-27-22-35(23-28-41)39-21-20-34-10-4-5-13-38(34)32-39)42-29-24-36(25-30-42)40-26-31-45-44-14-6-7-19-49(44)55-50(45)33-40/h1-33H. The molecule has 0 spiro atoms. The smallest absolute Gasteiger partial charge is 0.159 e. The second-order valence-electron chi connectivity index (χ2n) is 14.1. The van der Waals surface area contributed by atoms with Crippen molar-refractivity contribution in [2.45, 2.75) is 0 Å². The summed E-state index contributed by atoms with van der Waals surface area (Å²) in [5.74, 6) is 0. The summed E-state index contributed by atoms with van der Waals surface area (Å²) in [5, 5.41) is 7.32. The van der Waals surface area contributed by atoms with Crippen LogP contribution in [0.5, 0.6) is 0 Å². The molecule has 3 heteroatoms. The van der Waals surface area contributed by atoms with Crippen molar-refractivity contribution in [3.05, 3.63) is 200 Å². The molecule has 0 saturated heterocycles. The van der Waals surface area contributed by atoms with Crippen molar-refractivity contribution in [3.63, 3.8) is 0 Å². The minimum absolute atomic E-state index is 0.860. The molecule has 2 aromatic heterocycles. The van der Waals surface area contributed by atoms with Crippen molar-refractivity contribution >= 4 is 81.3 Å². The normalized spacial score (nSPS) is 11.6. The Kier molecular flexibility index (Phi) is 7.39. The van der Waals surface area contributed by atoms with Crippen LogP contribution in [0.3, 0.4) is 0 Å². The summed E-state index contributed by atoms with van der Waals surface area (Å²) in [5.41, 5.74) is 11.9. The number of para-hydroxylation sites is 2. The molecule has 0 amide bonds. The van der Waals surface area contributed by atoms with Crippen molar-refractivity contribution in [3.8, 4) is 33.4 Å². The number of fused-ring (bicyclic) bond motifs is 7. The Hall–Kier alpha value is -6.94. The molecule has 0 atom stereocenters. The number of hydrogen-bond donors (Lipinski definition) is 0. The molecule has 2 nitrogen and oxygen atoms in total. The van der Waals surface area contributed by atoms with Crippen molar-refractivity contribution < 1.29 is 4.42 Å². The van der Waals surface area contributed by atoms with Crippen LogP contribution in [0.25, 0.3) is 86.3 Å². The van der Waals surface area contributed by atoms with E-state index in [1.165, 1.54) is 53.2 Å². The van der Waals surface area contributed by atoms with Gasteiger partial charge in [-0.2, -0.15) is 0 Å². The number of anilines is 3. The first-order chi connectivity index (χ1) is 27.2. The van der Waals surface area contributed by atoms with Gasteiger partial charge in [0.2, 0.25) is 0 Å². The summed E-state index contributed by atoms with van der Waals surface area (Å²) in [6.07, 6.45) is 0. The van der Waals surface area contributed by atoms with E-state index < -0.39 is 0 Å². The fraction of sp³-hybridized carbons (Fsp3) is 0. The molecule has 0 unspecified atom stereocenters. The molecule has 11 aromatic rings. The molecular weight excluding hydrogens is 687 g/mol. The number of furan rings is 1. The molecule has 0 fully saturated rings. The van der Waals surface area contributed by atoms with Gasteiger partial charge in [0.1, 0.15) is 5.58 Å². The lowest BCUT2D eigenvalue weighted by Gasteiger charge is -2.26. The van der Waals surface area contributed by atoms with Crippen LogP contribution < -0.4 is 4.90 Å². The topological polar surface area (TPSA) is 16.4 Å². The van der Waals surface area contributed by atoms with Gasteiger partial charge in [0.15, 0.2) is 5.58 Å². The molecule has 0 bridgehead atoms. The van der Waals surface area contributed by atoms with Crippen molar-refractivity contribution in [1.82, 2.24) is 0 Å². The van der Waals surface area contributed by atoms with Gasteiger partial charge < -0.3 is 9.32 Å². The zero-order chi connectivity index (χ0) is 36.3. The van der Waals surface area contributed by atoms with Gasteiger partial charge in [-0.1, -0.05) is 152 Å². The lowest BCUT2D eigenvalue weighted by atomic mass is 10.0. The molecule has 11 rings (SSSR count). The highest BCUT2D eigenvalue weighted by molar-refractivity contribution is 7.25. The Labute approximate surface area is 322 Å². The van der Waals surface area contributed by atoms with Gasteiger partial charge in [-0.25, -0.2) is 0 Å². The maximum absolute atomic E-state index is 6.95. The van der Waals surface area contributed by atoms with E-state index in [0.29, 0.717) is 0 Å². The zero-order valence-electron chi connectivity index (χ0n) is 29.8. The average Bonchev–Trinajstić information content (AvgIpc) is 3.83. The van der Waals surface area contributed by atoms with Crippen molar-refractivity contribution in [2.24, 2.45) is 0 Å². The molecular formula is C52H33NOS. The Morgan fingerprint density at radius 2 is 0.927 bits per heavy atom. The SMILES string of the molecule is c1ccc(-c2cccc3c2oc2c(N(c4ccc(-c5ccc6ccccc6c5)cc4)c4ccc(-c5ccc6c(c5)sc5ccccc56)cc4)cccc23)cc1. The lowest BCUT2D eigenvalue weighted by molar-refractivity contribution is 0.670. The van der Waals surface area contributed by atoms with Crippen molar-refractivity contribution in [2.75, 3.05) is 4.90 Å². The lowest BCUT2D eigenvalue weighted by Crippen LogP contribution is -2.10. The minimum Gasteiger partial charge on any atom is -0.453 e. The van der Waals surface area contributed by atoms with Gasteiger partial charge in [-0.3, -0.25) is 0 Å². The van der Waals surface area contributed by atoms with Crippen LogP contribution in [-0.2, 0) is 0 Å². The predicted octanol–water partition coefficient (Wildman–Crippen LogP) is 15.6. The van der Waals surface area contributed by atoms with Crippen LogP contribution in [0.4, 0.5) is 17.1 Å². The third-order valence-corrected chi connectivity index (χ3v) is 12.0. The van der Waals surface area contributed by atoms with Gasteiger partial charge in [-0.05, 0) is 87.1 Å². The van der Waals surface area contributed by atoms with Crippen molar-refractivity contribution in [1.29, 1.82) is 0 Å². The van der Waals surface area contributed by atoms with Gasteiger partial charge >= 0.3 is 0 Å². The van der Waals surface area contributed by atoms with E-state index in [1.54, 1.807) is 0 Å². The van der Waals surface area contributed by atoms with E-state index in [4.69, 9.17) is 4.42 Å². The minimum atomic E-state index is 0.860. The summed E-state index contributed by atoms with van der Waals surface area (Å²) in [7, 11) is 0. The van der Waals surface area contributed by atoms with Gasteiger partial charge in [0, 0.05) is 47.9 Å². The molecule has 0 saturated carbocycles. The Balaban J connectivity index is 1.05. The molecule has 2 heterocycles. The Bertz CT molecular complexity index is 3190. The summed E-state index contributed by atoms with van der Waals surface area (Å²) in [4.78, 5) is 2.33. The van der Waals surface area contributed by atoms with E-state index in [-0.39, 0.29) is 0 Å². The number of thiophene rings is 1. The molecule has 0 radical (unpaired) electrons. The van der Waals surface area contributed by atoms with Crippen LogP contribution in [0, 0.1) is 0 Å². The predicted molar refractivity (Wildman–Crippen MR) is 235 cm³/mol. The summed E-state index contributed by atoms with van der Waals surface area (Å²) in [6.45, 7) is 0. The Morgan fingerprint density at radius 3 is 1.71 bits per heavy atom. The summed E-state index contributed by atoms with van der Waals surface area (Å²) >= 11 is 1.86. The monoisotopic (exact) mass is 719 g/mol. The van der Waals surface area contributed by atoms with E-state index in [9.17, 15) is 0 Å². The number of rotatable bonds is 6. The highest BCUT2D eigenvalue weighted by atomic mass is 32.1. The number of benzene rings is 9. The molecule has 258 valence electrons. The van der Waals surface area contributed by atoms with Crippen LogP contribution in [0.2, 0.25) is 0 Å². The number of hydrogen-bond acceptors (Lipinski definition) is 3. The molecule has 0 aliphatic carbocycles. The zero-order valence-corrected chi connectivity index (χ0v) is 30.6. The molecule has 55 heavy (non-hydrogen) atoms. The maximum atomic E-state index is 6.95. The third kappa shape index (κ3) is 5.40. The van der Waals surface area contributed by atoms with Crippen LogP contribution in [0.15, 0.2) is 205 Å². The van der Waals surface area contributed by atoms with Gasteiger partial charge in [-0.15, -0.1) is 11.3 Å². The second-order valence-corrected chi connectivity index (χ2v) is 15.2. The molecule has 0 aliphatic heterocycles. The first-order valence-electron chi connectivity index (χ1n) is 18.7. The fourth-order valence-electron chi connectivity index (χ4n) is 8.13. The van der Waals surface area contributed by atoms with Gasteiger partial charge in [0.25, 0.3) is 0 Å². The highest BCUT2D eigenvalue weighted by Crippen LogP contribution is 2.45. The third-order valence-electron chi connectivity index (χ3n) is 10.9. The van der Waals surface area contributed by atoms with Crippen LogP contribution in [-0.4, -0.2) is 0 Å². The van der Waals surface area contributed by atoms with E-state index in [2.05, 4.69) is 205 Å². The first-order valence-corrected chi connectivity index (χ1v) is 19.5. The quantitative estimate of drug-likeness (QED) is 0.170. The fourth-order valence-corrected chi connectivity index (χ4v) is 9.28. The highest BCUT2D eigenvalue weighted by Gasteiger charge is 2.21. The van der Waals surface area contributed by atoms with E-state index in [0.717, 1.165) is 50.1 Å². The van der Waals surface area contributed by atoms with E-state index >= 15 is 0 Å². The first kappa shape index (κ1) is 31.6. The summed E-state index contributed by atoms with van der Waals surface area (Å²) < 4.78 is 9.58. The average molecular weight is 720 g/mol. The molecule has 9 aromatic carbocycles. The molecule has 0 aliphatic rings. The second kappa shape index (κ2) is 12.9.